The predicted molar refractivity (Wildman–Crippen MR) is 119 cm³/mol. The van der Waals surface area contributed by atoms with Crippen LogP contribution in [0.25, 0.3) is 0 Å². The molecule has 7 nitrogen and oxygen atoms in total. The fraction of sp³-hybridized carbons (Fsp3) is 0.435. The van der Waals surface area contributed by atoms with Gasteiger partial charge in [-0.15, -0.1) is 13.2 Å². The Morgan fingerprint density at radius 2 is 1.97 bits per heavy atom. The van der Waals surface area contributed by atoms with Gasteiger partial charge in [0.2, 0.25) is 11.8 Å². The van der Waals surface area contributed by atoms with Gasteiger partial charge in [0.1, 0.15) is 0 Å². The monoisotopic (exact) mass is 496 g/mol. The molecule has 0 radical (unpaired) electrons. The lowest BCUT2D eigenvalue weighted by molar-refractivity contribution is -0.276. The molecule has 1 aliphatic heterocycles. The molecule has 34 heavy (non-hydrogen) atoms. The molecule has 0 spiro atoms. The minimum atomic E-state index is -4.81. The number of nitrogens with zero attached hydrogens (tertiary/aromatic N) is 3. The fourth-order valence-corrected chi connectivity index (χ4v) is 4.98. The summed E-state index contributed by atoms with van der Waals surface area (Å²) in [5.74, 6) is -0.654. The second kappa shape index (κ2) is 8.42. The summed E-state index contributed by atoms with van der Waals surface area (Å²) in [6.45, 7) is 3.49. The van der Waals surface area contributed by atoms with Crippen molar-refractivity contribution in [1.29, 1.82) is 0 Å². The van der Waals surface area contributed by atoms with Crippen molar-refractivity contribution in [3.8, 4) is 5.88 Å². The molecule has 0 bridgehead atoms. The summed E-state index contributed by atoms with van der Waals surface area (Å²) in [7, 11) is 0. The van der Waals surface area contributed by atoms with Crippen LogP contribution < -0.4 is 10.5 Å². The second-order valence-corrected chi connectivity index (χ2v) is 9.63. The van der Waals surface area contributed by atoms with E-state index >= 15 is 0 Å². The van der Waals surface area contributed by atoms with E-state index in [2.05, 4.69) is 14.7 Å². The van der Waals surface area contributed by atoms with Crippen LogP contribution >= 0.6 is 11.6 Å². The molecule has 0 unspecified atom stereocenters. The third kappa shape index (κ3) is 4.97. The molecule has 2 aliphatic rings. The number of aliphatic hydroxyl groups is 1. The summed E-state index contributed by atoms with van der Waals surface area (Å²) in [4.78, 5) is 22.8. The van der Waals surface area contributed by atoms with Crippen molar-refractivity contribution >= 4 is 23.5 Å². The van der Waals surface area contributed by atoms with Gasteiger partial charge in [-0.3, -0.25) is 9.69 Å². The van der Waals surface area contributed by atoms with Crippen LogP contribution in [0.3, 0.4) is 0 Å². The molecule has 0 saturated heterocycles. The van der Waals surface area contributed by atoms with Crippen LogP contribution in [-0.4, -0.2) is 44.9 Å². The van der Waals surface area contributed by atoms with Crippen LogP contribution in [0.2, 0.25) is 5.02 Å². The average Bonchev–Trinajstić information content (AvgIpc) is 2.67. The van der Waals surface area contributed by atoms with E-state index in [0.29, 0.717) is 41.0 Å². The number of benzene rings is 1. The number of carbonyl (C=O) groups excluding carboxylic acids is 1. The summed E-state index contributed by atoms with van der Waals surface area (Å²) in [5, 5.41) is 10.4. The average molecular weight is 497 g/mol. The van der Waals surface area contributed by atoms with Crippen molar-refractivity contribution in [2.24, 2.45) is 10.7 Å². The van der Waals surface area contributed by atoms with Gasteiger partial charge < -0.3 is 15.6 Å². The Balaban J connectivity index is 1.56. The molecule has 1 aliphatic carbocycles. The molecule has 1 amide bonds. The maximum absolute atomic E-state index is 13.0. The first-order valence-electron chi connectivity index (χ1n) is 10.6. The lowest BCUT2D eigenvalue weighted by Gasteiger charge is -2.48. The summed E-state index contributed by atoms with van der Waals surface area (Å²) < 4.78 is 40.8. The van der Waals surface area contributed by atoms with E-state index in [1.165, 1.54) is 17.2 Å². The maximum atomic E-state index is 13.0. The van der Waals surface area contributed by atoms with Gasteiger partial charge in [0, 0.05) is 29.7 Å². The van der Waals surface area contributed by atoms with Crippen molar-refractivity contribution in [1.82, 2.24) is 9.88 Å². The zero-order valence-corrected chi connectivity index (χ0v) is 19.3. The van der Waals surface area contributed by atoms with Crippen LogP contribution in [0.5, 0.6) is 5.88 Å². The second-order valence-electron chi connectivity index (χ2n) is 9.25. The number of pyridine rings is 1. The minimum Gasteiger partial charge on any atom is -0.390 e. The number of hydrogen-bond acceptors (Lipinski definition) is 6. The largest absolute Gasteiger partial charge is 0.574 e. The van der Waals surface area contributed by atoms with Gasteiger partial charge >= 0.3 is 6.36 Å². The molecule has 1 fully saturated rings. The predicted octanol–water partition coefficient (Wildman–Crippen LogP) is 3.90. The van der Waals surface area contributed by atoms with E-state index < -0.39 is 23.4 Å². The molecule has 1 aromatic heterocycles. The fourth-order valence-electron chi connectivity index (χ4n) is 4.58. The number of carbonyl (C=O) groups is 1. The molecule has 3 N–H and O–H groups in total. The summed E-state index contributed by atoms with van der Waals surface area (Å²) in [6, 6.07) is 7.77. The first kappa shape index (κ1) is 24.3. The number of rotatable bonds is 5. The lowest BCUT2D eigenvalue weighted by atomic mass is 9.75. The summed E-state index contributed by atoms with van der Waals surface area (Å²) in [6.07, 6.45) is -2.30. The molecule has 1 saturated carbocycles. The normalized spacial score (nSPS) is 27.3. The number of guanidine groups is 1. The van der Waals surface area contributed by atoms with Crippen LogP contribution in [0.4, 0.5) is 13.2 Å². The van der Waals surface area contributed by atoms with Gasteiger partial charge in [-0.1, -0.05) is 35.9 Å². The van der Waals surface area contributed by atoms with E-state index in [-0.39, 0.29) is 24.3 Å². The molecular formula is C23H24ClF3N4O3. The third-order valence-corrected chi connectivity index (χ3v) is 6.61. The minimum absolute atomic E-state index is 0.0561. The molecule has 1 atom stereocenters. The number of hydrogen-bond donors (Lipinski definition) is 2. The van der Waals surface area contributed by atoms with Gasteiger partial charge in [0.05, 0.1) is 17.6 Å². The van der Waals surface area contributed by atoms with Crippen LogP contribution in [0, 0.1) is 0 Å². The Labute approximate surface area is 199 Å². The molecular weight excluding hydrogens is 473 g/mol. The number of aliphatic imine (C=N–C) groups is 1. The first-order valence-corrected chi connectivity index (χ1v) is 11.0. The van der Waals surface area contributed by atoms with Gasteiger partial charge in [-0.25, -0.2) is 9.98 Å². The van der Waals surface area contributed by atoms with Crippen LogP contribution in [0.15, 0.2) is 41.5 Å². The van der Waals surface area contributed by atoms with Gasteiger partial charge in [-0.2, -0.15) is 0 Å². The maximum Gasteiger partial charge on any atom is 0.574 e. The number of alkyl halides is 3. The highest BCUT2D eigenvalue weighted by atomic mass is 35.5. The Morgan fingerprint density at radius 3 is 2.53 bits per heavy atom. The third-order valence-electron chi connectivity index (χ3n) is 6.16. The molecule has 2 heterocycles. The number of amides is 1. The first-order chi connectivity index (χ1) is 15.8. The Bertz CT molecular complexity index is 1130. The highest BCUT2D eigenvalue weighted by Gasteiger charge is 2.48. The highest BCUT2D eigenvalue weighted by Crippen LogP contribution is 2.42. The van der Waals surface area contributed by atoms with E-state index in [0.717, 1.165) is 6.07 Å². The van der Waals surface area contributed by atoms with Crippen LogP contribution in [0.1, 0.15) is 49.8 Å². The highest BCUT2D eigenvalue weighted by molar-refractivity contribution is 6.32. The topological polar surface area (TPSA) is 101 Å². The van der Waals surface area contributed by atoms with E-state index in [1.54, 1.807) is 32.0 Å². The van der Waals surface area contributed by atoms with Gasteiger partial charge in [0.25, 0.3) is 0 Å². The Hall–Kier alpha value is -2.85. The number of halogens is 4. The number of nitrogens with two attached hydrogens (primary N) is 1. The van der Waals surface area contributed by atoms with E-state index in [4.69, 9.17) is 17.3 Å². The van der Waals surface area contributed by atoms with Crippen molar-refractivity contribution in [2.75, 3.05) is 0 Å². The smallest absolute Gasteiger partial charge is 0.390 e. The summed E-state index contributed by atoms with van der Waals surface area (Å²) >= 11 is 6.71. The summed E-state index contributed by atoms with van der Waals surface area (Å²) in [5.41, 5.74) is 6.33. The van der Waals surface area contributed by atoms with Crippen molar-refractivity contribution in [2.45, 2.75) is 63.1 Å². The molecule has 11 heteroatoms. The van der Waals surface area contributed by atoms with Gasteiger partial charge in [-0.05, 0) is 43.4 Å². The zero-order valence-electron chi connectivity index (χ0n) is 18.6. The van der Waals surface area contributed by atoms with Crippen molar-refractivity contribution in [3.63, 3.8) is 0 Å². The number of aromatic nitrogens is 1. The molecule has 4 rings (SSSR count). The van der Waals surface area contributed by atoms with Crippen molar-refractivity contribution < 1.29 is 27.8 Å². The lowest BCUT2D eigenvalue weighted by Crippen LogP contribution is -2.61. The number of ether oxygens (including phenoxy) is 1. The molecule has 1 aromatic carbocycles. The Kier molecular flexibility index (Phi) is 6.02. The van der Waals surface area contributed by atoms with Crippen molar-refractivity contribution in [3.05, 3.63) is 58.2 Å². The van der Waals surface area contributed by atoms with E-state index in [9.17, 15) is 23.1 Å². The van der Waals surface area contributed by atoms with Crippen LogP contribution in [-0.2, 0) is 16.8 Å². The zero-order chi connectivity index (χ0) is 24.9. The Morgan fingerprint density at radius 1 is 1.26 bits per heavy atom. The molecule has 182 valence electrons. The SMILES string of the molecule is CC1(O)CC(N2C(=O)C[C@@](C)(c3cccc(Cc4ccc(OC(F)(F)F)nc4)c3Cl)N=C2N)C1. The van der Waals surface area contributed by atoms with Gasteiger partial charge in [0.15, 0.2) is 5.96 Å². The quantitative estimate of drug-likeness (QED) is 0.654. The van der Waals surface area contributed by atoms with E-state index in [1.807, 2.05) is 0 Å². The standard InChI is InChI=1S/C23H24ClF3N4O3/c1-21(33)9-15(10-21)31-18(32)11-22(2,30-20(31)28)16-5-3-4-14(19(16)24)8-13-6-7-17(29-12-13)34-23(25,26)27/h3-7,12,15,33H,8-11H2,1-2H3,(H2,28,30)/t15?,21?,22-/m0/s1. The molecule has 2 aromatic rings.